The lowest BCUT2D eigenvalue weighted by Crippen LogP contribution is -2.32. The molecule has 0 saturated carbocycles. The fourth-order valence-corrected chi connectivity index (χ4v) is 10.7. The van der Waals surface area contributed by atoms with Gasteiger partial charge in [-0.3, -0.25) is 0 Å². The Balaban J connectivity index is 1.02. The molecule has 0 amide bonds. The van der Waals surface area contributed by atoms with Crippen LogP contribution < -0.4 is 14.5 Å². The summed E-state index contributed by atoms with van der Waals surface area (Å²) in [5.74, 6) is 1.79. The normalized spacial score (nSPS) is 12.9. The van der Waals surface area contributed by atoms with Crippen LogP contribution in [0, 0.1) is 0 Å². The van der Waals surface area contributed by atoms with Crippen LogP contribution in [0.3, 0.4) is 0 Å². The molecule has 13 rings (SSSR count). The lowest BCUT2D eigenvalue weighted by atomic mass is 9.66. The topological polar surface area (TPSA) is 20.6 Å². The summed E-state index contributed by atoms with van der Waals surface area (Å²) in [7, 11) is 0. The summed E-state index contributed by atoms with van der Waals surface area (Å²) >= 11 is 0. The van der Waals surface area contributed by atoms with Gasteiger partial charge in [0, 0.05) is 61.7 Å². The lowest BCUT2D eigenvalue weighted by molar-refractivity contribution is 0.436. The van der Waals surface area contributed by atoms with Gasteiger partial charge in [-0.05, 0) is 119 Å². The van der Waals surface area contributed by atoms with E-state index in [1.165, 1.54) is 33.0 Å². The van der Waals surface area contributed by atoms with E-state index < -0.39 is 5.41 Å². The number of hydrogen-bond donors (Lipinski definition) is 0. The second-order valence-electron chi connectivity index (χ2n) is 16.9. The highest BCUT2D eigenvalue weighted by Crippen LogP contribution is 2.62. The minimum absolute atomic E-state index is 0.529. The molecule has 306 valence electrons. The van der Waals surface area contributed by atoms with Gasteiger partial charge < -0.3 is 19.1 Å². The summed E-state index contributed by atoms with van der Waals surface area (Å²) in [6.45, 7) is 0. The van der Waals surface area contributed by atoms with Crippen molar-refractivity contribution in [3.8, 4) is 28.3 Å². The lowest BCUT2D eigenvalue weighted by Gasteiger charge is -2.39. The summed E-state index contributed by atoms with van der Waals surface area (Å²) in [6.07, 6.45) is 0. The predicted molar refractivity (Wildman–Crippen MR) is 268 cm³/mol. The van der Waals surface area contributed by atoms with Crippen LogP contribution in [0.15, 0.2) is 249 Å². The van der Waals surface area contributed by atoms with E-state index in [0.717, 1.165) is 73.5 Å². The molecule has 0 bridgehead atoms. The molecular formula is C61H41N3O. The van der Waals surface area contributed by atoms with Gasteiger partial charge in [-0.2, -0.15) is 0 Å². The molecule has 0 saturated heterocycles. The van der Waals surface area contributed by atoms with Crippen molar-refractivity contribution < 1.29 is 4.74 Å². The Morgan fingerprint density at radius 3 is 1.25 bits per heavy atom. The molecule has 11 aromatic rings. The van der Waals surface area contributed by atoms with Gasteiger partial charge in [0.05, 0.1) is 16.4 Å². The van der Waals surface area contributed by atoms with Gasteiger partial charge in [0.15, 0.2) is 0 Å². The summed E-state index contributed by atoms with van der Waals surface area (Å²) in [5, 5.41) is 2.39. The molecule has 1 aromatic heterocycles. The molecule has 1 aliphatic heterocycles. The van der Waals surface area contributed by atoms with Crippen LogP contribution in [0.1, 0.15) is 22.3 Å². The highest BCUT2D eigenvalue weighted by molar-refractivity contribution is 6.11. The fraction of sp³-hybridized carbons (Fsp3) is 0.0164. The first-order valence-corrected chi connectivity index (χ1v) is 22.3. The van der Waals surface area contributed by atoms with E-state index in [1.54, 1.807) is 0 Å². The van der Waals surface area contributed by atoms with Crippen LogP contribution in [0.5, 0.6) is 11.5 Å². The molecule has 0 atom stereocenters. The third-order valence-corrected chi connectivity index (χ3v) is 13.4. The van der Waals surface area contributed by atoms with Gasteiger partial charge in [-0.15, -0.1) is 0 Å². The first-order chi connectivity index (χ1) is 32.3. The first kappa shape index (κ1) is 37.0. The quantitative estimate of drug-likeness (QED) is 0.160. The Morgan fingerprint density at radius 1 is 0.308 bits per heavy atom. The average molecular weight is 832 g/mol. The Hall–Kier alpha value is -8.60. The van der Waals surface area contributed by atoms with Gasteiger partial charge >= 0.3 is 0 Å². The summed E-state index contributed by atoms with van der Waals surface area (Å²) in [5.41, 5.74) is 16.7. The number of ether oxygens (including phenoxy) is 1. The number of nitrogens with zero attached hydrogens (tertiary/aromatic N) is 3. The average Bonchev–Trinajstić information content (AvgIpc) is 3.85. The van der Waals surface area contributed by atoms with Crippen LogP contribution in [-0.2, 0) is 5.41 Å². The van der Waals surface area contributed by atoms with Gasteiger partial charge in [0.2, 0.25) is 0 Å². The minimum Gasteiger partial charge on any atom is -0.457 e. The largest absolute Gasteiger partial charge is 0.457 e. The number of anilines is 6. The summed E-state index contributed by atoms with van der Waals surface area (Å²) < 4.78 is 9.04. The molecule has 0 fully saturated rings. The predicted octanol–water partition coefficient (Wildman–Crippen LogP) is 16.2. The van der Waals surface area contributed by atoms with Gasteiger partial charge in [0.1, 0.15) is 11.5 Å². The Morgan fingerprint density at radius 2 is 0.708 bits per heavy atom. The van der Waals surface area contributed by atoms with Crippen molar-refractivity contribution in [2.24, 2.45) is 0 Å². The van der Waals surface area contributed by atoms with E-state index in [0.29, 0.717) is 0 Å². The summed E-state index contributed by atoms with van der Waals surface area (Å²) in [4.78, 5) is 4.74. The molecule has 2 aliphatic rings. The van der Waals surface area contributed by atoms with Crippen molar-refractivity contribution in [1.29, 1.82) is 0 Å². The number of benzene rings is 10. The van der Waals surface area contributed by atoms with Gasteiger partial charge in [0.25, 0.3) is 0 Å². The van der Waals surface area contributed by atoms with Crippen LogP contribution in [0.4, 0.5) is 34.1 Å². The maximum Gasteiger partial charge on any atom is 0.132 e. The maximum absolute atomic E-state index is 6.62. The van der Waals surface area contributed by atoms with Crippen molar-refractivity contribution in [2.45, 2.75) is 5.41 Å². The first-order valence-electron chi connectivity index (χ1n) is 22.3. The molecule has 65 heavy (non-hydrogen) atoms. The second-order valence-corrected chi connectivity index (χ2v) is 16.9. The molecular weight excluding hydrogens is 791 g/mol. The Bertz CT molecular complexity index is 3500. The van der Waals surface area contributed by atoms with E-state index in [1.807, 2.05) is 0 Å². The van der Waals surface area contributed by atoms with Crippen LogP contribution in [0.25, 0.3) is 38.6 Å². The zero-order chi connectivity index (χ0) is 42.9. The van der Waals surface area contributed by atoms with Gasteiger partial charge in [-0.25, -0.2) is 0 Å². The Labute approximate surface area is 378 Å². The molecule has 1 spiro atoms. The third kappa shape index (κ3) is 5.64. The number of hydrogen-bond acceptors (Lipinski definition) is 3. The van der Waals surface area contributed by atoms with E-state index in [4.69, 9.17) is 4.74 Å². The smallest absolute Gasteiger partial charge is 0.132 e. The molecule has 0 radical (unpaired) electrons. The molecule has 4 heteroatoms. The van der Waals surface area contributed by atoms with Crippen LogP contribution in [-0.4, -0.2) is 4.57 Å². The highest BCUT2D eigenvalue weighted by Gasteiger charge is 2.51. The van der Waals surface area contributed by atoms with E-state index in [2.05, 4.69) is 263 Å². The van der Waals surface area contributed by atoms with Crippen molar-refractivity contribution in [3.63, 3.8) is 0 Å². The molecule has 0 unspecified atom stereocenters. The monoisotopic (exact) mass is 831 g/mol. The molecule has 4 nitrogen and oxygen atoms in total. The molecule has 1 aliphatic carbocycles. The SMILES string of the molecule is c1ccc(N(c2ccccc2)c2ccc3c4ccc(N(c5ccccc5)c5ccc6c(c5)-c5ccccc5C65c6ccccc6Oc6ccccc65)cc4n(-c4ccccc4)c3c2)cc1. The Kier molecular flexibility index (Phi) is 8.40. The van der Waals surface area contributed by atoms with E-state index >= 15 is 0 Å². The van der Waals surface area contributed by atoms with Crippen molar-refractivity contribution in [2.75, 3.05) is 9.80 Å². The zero-order valence-electron chi connectivity index (χ0n) is 35.4. The van der Waals surface area contributed by atoms with Crippen molar-refractivity contribution in [3.05, 3.63) is 271 Å². The van der Waals surface area contributed by atoms with Crippen LogP contribution in [0.2, 0.25) is 0 Å². The van der Waals surface area contributed by atoms with Crippen molar-refractivity contribution in [1.82, 2.24) is 4.57 Å². The third-order valence-electron chi connectivity index (χ3n) is 13.4. The molecule has 2 heterocycles. The fourth-order valence-electron chi connectivity index (χ4n) is 10.7. The second kappa shape index (κ2) is 14.8. The number of rotatable bonds is 7. The zero-order valence-corrected chi connectivity index (χ0v) is 35.4. The number of para-hydroxylation sites is 6. The highest BCUT2D eigenvalue weighted by atomic mass is 16.5. The van der Waals surface area contributed by atoms with Crippen LogP contribution >= 0.6 is 0 Å². The maximum atomic E-state index is 6.62. The van der Waals surface area contributed by atoms with Gasteiger partial charge in [-0.1, -0.05) is 152 Å². The summed E-state index contributed by atoms with van der Waals surface area (Å²) in [6, 6.07) is 89.7. The molecule has 10 aromatic carbocycles. The standard InChI is InChI=1S/C61H41N3O/c1-5-19-42(20-6-1)62(43-21-7-2-8-22-43)47-33-36-50-51-37-34-48(41-58(51)64(57(50)40-47)45-25-11-4-12-26-45)63(44-23-9-3-10-24-44)46-35-38-54-52(39-46)49-27-13-14-28-53(49)61(54)55-29-15-17-31-59(55)65-60-32-18-16-30-56(60)61/h1-41H. The van der Waals surface area contributed by atoms with Crippen molar-refractivity contribution >= 4 is 55.9 Å². The minimum atomic E-state index is -0.529. The van der Waals surface area contributed by atoms with E-state index in [9.17, 15) is 0 Å². The number of aromatic nitrogens is 1. The van der Waals surface area contributed by atoms with E-state index in [-0.39, 0.29) is 0 Å². The number of fused-ring (bicyclic) bond motifs is 12. The molecule has 0 N–H and O–H groups in total.